The SMILES string of the molecule is CCCNCc1cn(Cc2cn3cccnc3n2)nn1. The van der Waals surface area contributed by atoms with Crippen molar-refractivity contribution in [3.8, 4) is 0 Å². The number of hydrogen-bond donors (Lipinski definition) is 1. The number of nitrogens with zero attached hydrogens (tertiary/aromatic N) is 6. The van der Waals surface area contributed by atoms with Crippen molar-refractivity contribution in [2.75, 3.05) is 6.54 Å². The van der Waals surface area contributed by atoms with E-state index in [9.17, 15) is 0 Å². The second-order valence-electron chi connectivity index (χ2n) is 4.64. The molecule has 0 aliphatic heterocycles. The minimum absolute atomic E-state index is 0.601. The Morgan fingerprint density at radius 3 is 3.05 bits per heavy atom. The summed E-state index contributed by atoms with van der Waals surface area (Å²) >= 11 is 0. The van der Waals surface area contributed by atoms with E-state index in [1.807, 2.05) is 29.1 Å². The molecule has 0 aliphatic carbocycles. The number of rotatable bonds is 6. The van der Waals surface area contributed by atoms with Crippen LogP contribution in [0.1, 0.15) is 24.7 Å². The molecule has 0 atom stereocenters. The molecule has 0 unspecified atom stereocenters. The Bertz CT molecular complexity index is 652. The van der Waals surface area contributed by atoms with Gasteiger partial charge < -0.3 is 5.32 Å². The van der Waals surface area contributed by atoms with E-state index in [2.05, 4.69) is 32.5 Å². The highest BCUT2D eigenvalue weighted by Crippen LogP contribution is 2.04. The quantitative estimate of drug-likeness (QED) is 0.673. The summed E-state index contributed by atoms with van der Waals surface area (Å²) in [4.78, 5) is 8.64. The van der Waals surface area contributed by atoms with Crippen molar-refractivity contribution in [1.82, 2.24) is 34.7 Å². The van der Waals surface area contributed by atoms with Crippen LogP contribution in [0.4, 0.5) is 0 Å². The number of imidazole rings is 1. The van der Waals surface area contributed by atoms with Gasteiger partial charge in [0.05, 0.1) is 24.1 Å². The van der Waals surface area contributed by atoms with Crippen molar-refractivity contribution < 1.29 is 0 Å². The smallest absolute Gasteiger partial charge is 0.233 e. The second kappa shape index (κ2) is 5.79. The van der Waals surface area contributed by atoms with E-state index in [1.165, 1.54) is 0 Å². The average Bonchev–Trinajstić information content (AvgIpc) is 3.05. The van der Waals surface area contributed by atoms with Crippen molar-refractivity contribution in [2.45, 2.75) is 26.4 Å². The first-order chi connectivity index (χ1) is 9.85. The molecule has 0 aliphatic rings. The van der Waals surface area contributed by atoms with E-state index in [1.54, 1.807) is 10.9 Å². The van der Waals surface area contributed by atoms with E-state index in [0.717, 1.165) is 30.9 Å². The van der Waals surface area contributed by atoms with Crippen LogP contribution in [0.2, 0.25) is 0 Å². The zero-order valence-electron chi connectivity index (χ0n) is 11.4. The van der Waals surface area contributed by atoms with E-state index < -0.39 is 0 Å². The lowest BCUT2D eigenvalue weighted by atomic mass is 10.4. The number of fused-ring (bicyclic) bond motifs is 1. The molecule has 104 valence electrons. The molecule has 0 saturated carbocycles. The molecule has 0 spiro atoms. The van der Waals surface area contributed by atoms with Crippen LogP contribution in [0.5, 0.6) is 0 Å². The second-order valence-corrected chi connectivity index (χ2v) is 4.64. The summed E-state index contributed by atoms with van der Waals surface area (Å²) in [6.07, 6.45) is 8.68. The minimum atomic E-state index is 0.601. The highest BCUT2D eigenvalue weighted by Gasteiger charge is 2.05. The summed E-state index contributed by atoms with van der Waals surface area (Å²) < 4.78 is 3.70. The van der Waals surface area contributed by atoms with Crippen LogP contribution < -0.4 is 5.32 Å². The molecular weight excluding hydrogens is 254 g/mol. The molecule has 7 heteroatoms. The lowest BCUT2D eigenvalue weighted by molar-refractivity contribution is 0.638. The van der Waals surface area contributed by atoms with Crippen LogP contribution in [-0.4, -0.2) is 35.9 Å². The van der Waals surface area contributed by atoms with Gasteiger partial charge in [0.25, 0.3) is 0 Å². The van der Waals surface area contributed by atoms with Gasteiger partial charge in [-0.3, -0.25) is 4.40 Å². The van der Waals surface area contributed by atoms with Crippen LogP contribution in [0, 0.1) is 0 Å². The predicted molar refractivity (Wildman–Crippen MR) is 74.1 cm³/mol. The Labute approximate surface area is 116 Å². The zero-order chi connectivity index (χ0) is 13.8. The molecule has 0 amide bonds. The molecule has 3 aromatic heterocycles. The van der Waals surface area contributed by atoms with Gasteiger partial charge in [0, 0.05) is 25.1 Å². The van der Waals surface area contributed by atoms with Crippen LogP contribution in [-0.2, 0) is 13.1 Å². The standard InChI is InChI=1S/C13H17N7/c1-2-4-14-7-11-9-20(18-17-11)10-12-8-19-6-3-5-15-13(19)16-12/h3,5-6,8-9,14H,2,4,7,10H2,1H3. The summed E-state index contributed by atoms with van der Waals surface area (Å²) in [6.45, 7) is 4.48. The Balaban J connectivity index is 1.68. The van der Waals surface area contributed by atoms with Crippen molar-refractivity contribution >= 4 is 5.78 Å². The van der Waals surface area contributed by atoms with Gasteiger partial charge in [-0.1, -0.05) is 12.1 Å². The number of hydrogen-bond acceptors (Lipinski definition) is 5. The highest BCUT2D eigenvalue weighted by atomic mass is 15.4. The van der Waals surface area contributed by atoms with Crippen molar-refractivity contribution in [3.05, 3.63) is 42.2 Å². The first-order valence-electron chi connectivity index (χ1n) is 6.73. The van der Waals surface area contributed by atoms with Gasteiger partial charge in [0.1, 0.15) is 0 Å². The van der Waals surface area contributed by atoms with E-state index in [4.69, 9.17) is 0 Å². The summed E-state index contributed by atoms with van der Waals surface area (Å²) in [6, 6.07) is 1.88. The predicted octanol–water partition coefficient (Wildman–Crippen LogP) is 0.869. The van der Waals surface area contributed by atoms with E-state index >= 15 is 0 Å². The van der Waals surface area contributed by atoms with Crippen LogP contribution in [0.3, 0.4) is 0 Å². The first-order valence-corrected chi connectivity index (χ1v) is 6.73. The van der Waals surface area contributed by atoms with Crippen molar-refractivity contribution in [3.63, 3.8) is 0 Å². The molecule has 20 heavy (non-hydrogen) atoms. The molecular formula is C13H17N7. The van der Waals surface area contributed by atoms with Crippen molar-refractivity contribution in [1.29, 1.82) is 0 Å². The molecule has 0 radical (unpaired) electrons. The fourth-order valence-corrected chi connectivity index (χ4v) is 2.01. The summed E-state index contributed by atoms with van der Waals surface area (Å²) in [7, 11) is 0. The molecule has 0 fully saturated rings. The first kappa shape index (κ1) is 12.7. The normalized spacial score (nSPS) is 11.2. The topological polar surface area (TPSA) is 72.9 Å². The highest BCUT2D eigenvalue weighted by molar-refractivity contribution is 5.29. The Hall–Kier alpha value is -2.28. The third-order valence-electron chi connectivity index (χ3n) is 2.93. The van der Waals surface area contributed by atoms with Crippen LogP contribution in [0.15, 0.2) is 30.9 Å². The largest absolute Gasteiger partial charge is 0.311 e. The third kappa shape index (κ3) is 2.83. The molecule has 0 bridgehead atoms. The van der Waals surface area contributed by atoms with Gasteiger partial charge in [0.2, 0.25) is 5.78 Å². The molecule has 3 aromatic rings. The maximum atomic E-state index is 4.44. The molecule has 3 heterocycles. The Morgan fingerprint density at radius 2 is 2.20 bits per heavy atom. The van der Waals surface area contributed by atoms with E-state index in [-0.39, 0.29) is 0 Å². The molecule has 1 N–H and O–H groups in total. The van der Waals surface area contributed by atoms with Gasteiger partial charge in [0.15, 0.2) is 0 Å². The molecule has 0 saturated heterocycles. The lowest BCUT2D eigenvalue weighted by Gasteiger charge is -1.97. The fourth-order valence-electron chi connectivity index (χ4n) is 2.01. The third-order valence-corrected chi connectivity index (χ3v) is 2.93. The Morgan fingerprint density at radius 1 is 1.25 bits per heavy atom. The molecule has 0 aromatic carbocycles. The Kier molecular flexibility index (Phi) is 3.69. The van der Waals surface area contributed by atoms with Crippen molar-refractivity contribution in [2.24, 2.45) is 0 Å². The maximum absolute atomic E-state index is 4.44. The van der Waals surface area contributed by atoms with Gasteiger partial charge in [-0.2, -0.15) is 0 Å². The number of nitrogens with one attached hydrogen (secondary N) is 1. The fraction of sp³-hybridized carbons (Fsp3) is 0.385. The van der Waals surface area contributed by atoms with Gasteiger partial charge >= 0.3 is 0 Å². The molecule has 7 nitrogen and oxygen atoms in total. The minimum Gasteiger partial charge on any atom is -0.311 e. The lowest BCUT2D eigenvalue weighted by Crippen LogP contribution is -2.13. The van der Waals surface area contributed by atoms with Crippen LogP contribution >= 0.6 is 0 Å². The van der Waals surface area contributed by atoms with E-state index in [0.29, 0.717) is 12.3 Å². The number of aromatic nitrogens is 6. The summed E-state index contributed by atoms with van der Waals surface area (Å²) in [5.74, 6) is 0.701. The summed E-state index contributed by atoms with van der Waals surface area (Å²) in [5.41, 5.74) is 1.86. The monoisotopic (exact) mass is 271 g/mol. The molecule has 3 rings (SSSR count). The van der Waals surface area contributed by atoms with Gasteiger partial charge in [-0.05, 0) is 19.0 Å². The van der Waals surface area contributed by atoms with Crippen LogP contribution in [0.25, 0.3) is 5.78 Å². The zero-order valence-corrected chi connectivity index (χ0v) is 11.4. The summed E-state index contributed by atoms with van der Waals surface area (Å²) in [5, 5.41) is 11.6. The van der Waals surface area contributed by atoms with Gasteiger partial charge in [-0.15, -0.1) is 5.10 Å². The average molecular weight is 271 g/mol. The van der Waals surface area contributed by atoms with Gasteiger partial charge in [-0.25, -0.2) is 14.6 Å². The maximum Gasteiger partial charge on any atom is 0.233 e.